The van der Waals surface area contributed by atoms with Gasteiger partial charge in [0.15, 0.2) is 11.5 Å². The molecule has 1 amide bonds. The number of benzene rings is 1. The van der Waals surface area contributed by atoms with E-state index in [1.165, 1.54) is 10.9 Å². The molecule has 5 rings (SSSR count). The molecule has 4 heterocycles. The molecule has 1 aromatic carbocycles. The van der Waals surface area contributed by atoms with Crippen molar-refractivity contribution in [1.82, 2.24) is 30.2 Å². The fourth-order valence-corrected chi connectivity index (χ4v) is 4.34. The minimum Gasteiger partial charge on any atom is -0.361 e. The Bertz CT molecular complexity index is 1190. The van der Waals surface area contributed by atoms with Gasteiger partial charge in [0.25, 0.3) is 0 Å². The van der Waals surface area contributed by atoms with Crippen molar-refractivity contribution >= 4 is 45.4 Å². The van der Waals surface area contributed by atoms with Crippen LogP contribution >= 0.6 is 11.6 Å². The minimum atomic E-state index is 0.0128. The summed E-state index contributed by atoms with van der Waals surface area (Å²) < 4.78 is 0. The average molecular weight is 424 g/mol. The van der Waals surface area contributed by atoms with Crippen molar-refractivity contribution < 1.29 is 4.79 Å². The van der Waals surface area contributed by atoms with Gasteiger partial charge in [0, 0.05) is 42.7 Å². The predicted molar refractivity (Wildman–Crippen MR) is 117 cm³/mol. The van der Waals surface area contributed by atoms with E-state index in [-0.39, 0.29) is 17.1 Å². The number of amides is 1. The predicted octanol–water partition coefficient (Wildman–Crippen LogP) is 3.06. The van der Waals surface area contributed by atoms with Crippen LogP contribution in [0.15, 0.2) is 36.8 Å². The second-order valence-corrected chi connectivity index (χ2v) is 7.92. The second-order valence-electron chi connectivity index (χ2n) is 7.58. The highest BCUT2D eigenvalue weighted by atomic mass is 35.5. The summed E-state index contributed by atoms with van der Waals surface area (Å²) >= 11 is 6.05. The van der Waals surface area contributed by atoms with E-state index in [9.17, 15) is 4.79 Å². The monoisotopic (exact) mass is 423 g/mol. The van der Waals surface area contributed by atoms with E-state index in [1.54, 1.807) is 6.33 Å². The van der Waals surface area contributed by atoms with E-state index in [0.29, 0.717) is 12.2 Å². The highest BCUT2D eigenvalue weighted by Gasteiger charge is 2.27. The third-order valence-electron chi connectivity index (χ3n) is 5.77. The van der Waals surface area contributed by atoms with E-state index < -0.39 is 0 Å². The van der Waals surface area contributed by atoms with Crippen LogP contribution in [0.1, 0.15) is 18.4 Å². The number of rotatable bonds is 5. The molecule has 1 aliphatic rings. The molecule has 30 heavy (non-hydrogen) atoms. The SMILES string of the molecule is O=C(NCCc1c[nH]c2ccccc12)C1CCN(c2nc(Cl)nc3nc[nH]c23)CC1. The Morgan fingerprint density at radius 1 is 1.20 bits per heavy atom. The van der Waals surface area contributed by atoms with Crippen molar-refractivity contribution in [1.29, 1.82) is 0 Å². The minimum absolute atomic E-state index is 0.0128. The molecule has 1 aliphatic heterocycles. The number of hydrogen-bond donors (Lipinski definition) is 3. The number of carbonyl (C=O) groups is 1. The molecule has 0 aliphatic carbocycles. The molecule has 1 fully saturated rings. The molecule has 3 aromatic heterocycles. The number of para-hydroxylation sites is 1. The van der Waals surface area contributed by atoms with Gasteiger partial charge in [0.05, 0.1) is 6.33 Å². The highest BCUT2D eigenvalue weighted by molar-refractivity contribution is 6.28. The number of H-pyrrole nitrogens is 2. The summed E-state index contributed by atoms with van der Waals surface area (Å²) in [6, 6.07) is 8.22. The smallest absolute Gasteiger partial charge is 0.226 e. The molecule has 8 nitrogen and oxygen atoms in total. The Morgan fingerprint density at radius 2 is 2.03 bits per heavy atom. The second kappa shape index (κ2) is 7.95. The number of fused-ring (bicyclic) bond motifs is 2. The van der Waals surface area contributed by atoms with Crippen LogP contribution < -0.4 is 10.2 Å². The van der Waals surface area contributed by atoms with E-state index in [0.717, 1.165) is 49.2 Å². The molecule has 0 bridgehead atoms. The summed E-state index contributed by atoms with van der Waals surface area (Å²) in [6.45, 7) is 2.11. The van der Waals surface area contributed by atoms with Crippen LogP contribution in [-0.4, -0.2) is 50.5 Å². The van der Waals surface area contributed by atoms with Gasteiger partial charge in [0.2, 0.25) is 11.2 Å². The number of carbonyl (C=O) groups excluding carboxylic acids is 1. The van der Waals surface area contributed by atoms with Gasteiger partial charge < -0.3 is 20.2 Å². The van der Waals surface area contributed by atoms with Crippen LogP contribution in [-0.2, 0) is 11.2 Å². The zero-order valence-electron chi connectivity index (χ0n) is 16.4. The standard InChI is InChI=1S/C21H22ClN7O/c22-21-27-18-17(25-12-26-18)19(28-21)29-9-6-13(7-10-29)20(30)23-8-5-14-11-24-16-4-2-1-3-15(14)16/h1-4,11-13,24H,5-10H2,(H,23,30)(H,25,26,27,28). The number of hydrogen-bond acceptors (Lipinski definition) is 5. The van der Waals surface area contributed by atoms with Crippen molar-refractivity contribution in [3.05, 3.63) is 47.6 Å². The van der Waals surface area contributed by atoms with E-state index in [1.807, 2.05) is 18.3 Å². The number of nitrogens with one attached hydrogen (secondary N) is 3. The lowest BCUT2D eigenvalue weighted by molar-refractivity contribution is -0.125. The van der Waals surface area contributed by atoms with Gasteiger partial charge in [-0.1, -0.05) is 18.2 Å². The number of nitrogens with zero attached hydrogens (tertiary/aromatic N) is 4. The summed E-state index contributed by atoms with van der Waals surface area (Å²) in [4.78, 5) is 33.8. The number of imidazole rings is 1. The fraction of sp³-hybridized carbons (Fsp3) is 0.333. The number of halogens is 1. The summed E-state index contributed by atoms with van der Waals surface area (Å²) in [6.07, 6.45) is 5.98. The fourth-order valence-electron chi connectivity index (χ4n) is 4.18. The third kappa shape index (κ3) is 3.59. The van der Waals surface area contributed by atoms with Crippen LogP contribution in [0.25, 0.3) is 22.1 Å². The van der Waals surface area contributed by atoms with E-state index in [4.69, 9.17) is 11.6 Å². The molecule has 9 heteroatoms. The van der Waals surface area contributed by atoms with E-state index >= 15 is 0 Å². The average Bonchev–Trinajstić information content (AvgIpc) is 3.40. The molecule has 0 atom stereocenters. The first kappa shape index (κ1) is 18.9. The Morgan fingerprint density at radius 3 is 2.90 bits per heavy atom. The highest BCUT2D eigenvalue weighted by Crippen LogP contribution is 2.27. The Kier molecular flexibility index (Phi) is 5.00. The molecule has 1 saturated heterocycles. The lowest BCUT2D eigenvalue weighted by atomic mass is 9.95. The van der Waals surface area contributed by atoms with Gasteiger partial charge in [-0.05, 0) is 42.5 Å². The largest absolute Gasteiger partial charge is 0.361 e. The normalized spacial score (nSPS) is 15.2. The maximum atomic E-state index is 12.7. The van der Waals surface area contributed by atoms with Crippen molar-refractivity contribution in [3.8, 4) is 0 Å². The van der Waals surface area contributed by atoms with Crippen molar-refractivity contribution in [2.45, 2.75) is 19.3 Å². The molecule has 4 aromatic rings. The van der Waals surface area contributed by atoms with Crippen LogP contribution in [0.4, 0.5) is 5.82 Å². The Hall–Kier alpha value is -3.13. The molecule has 0 saturated carbocycles. The van der Waals surface area contributed by atoms with Crippen LogP contribution in [0, 0.1) is 5.92 Å². The summed E-state index contributed by atoms with van der Waals surface area (Å²) in [5.41, 5.74) is 3.69. The van der Waals surface area contributed by atoms with Gasteiger partial charge in [-0.2, -0.15) is 9.97 Å². The van der Waals surface area contributed by atoms with Gasteiger partial charge in [-0.3, -0.25) is 4.79 Å². The molecule has 0 unspecified atom stereocenters. The first-order chi connectivity index (χ1) is 14.7. The molecular weight excluding hydrogens is 402 g/mol. The first-order valence-electron chi connectivity index (χ1n) is 10.1. The van der Waals surface area contributed by atoms with Crippen LogP contribution in [0.3, 0.4) is 0 Å². The third-order valence-corrected chi connectivity index (χ3v) is 5.94. The van der Waals surface area contributed by atoms with Crippen LogP contribution in [0.5, 0.6) is 0 Å². The molecule has 0 radical (unpaired) electrons. The molecule has 0 spiro atoms. The van der Waals surface area contributed by atoms with Crippen molar-refractivity contribution in [2.24, 2.45) is 5.92 Å². The quantitative estimate of drug-likeness (QED) is 0.428. The summed E-state index contributed by atoms with van der Waals surface area (Å²) in [7, 11) is 0. The number of piperidine rings is 1. The van der Waals surface area contributed by atoms with Crippen LogP contribution in [0.2, 0.25) is 5.28 Å². The number of aromatic nitrogens is 5. The molecule has 154 valence electrons. The number of anilines is 1. The summed E-state index contributed by atoms with van der Waals surface area (Å²) in [5.74, 6) is 0.890. The summed E-state index contributed by atoms with van der Waals surface area (Å²) in [5, 5.41) is 4.51. The Balaban J connectivity index is 1.16. The molecular formula is C21H22ClN7O. The van der Waals surface area contributed by atoms with Crippen molar-refractivity contribution in [3.63, 3.8) is 0 Å². The van der Waals surface area contributed by atoms with E-state index in [2.05, 4.69) is 47.3 Å². The zero-order valence-corrected chi connectivity index (χ0v) is 17.1. The number of aromatic amines is 2. The lowest BCUT2D eigenvalue weighted by Crippen LogP contribution is -2.41. The zero-order chi connectivity index (χ0) is 20.5. The molecule has 3 N–H and O–H groups in total. The van der Waals surface area contributed by atoms with Gasteiger partial charge in [-0.25, -0.2) is 4.98 Å². The topological polar surface area (TPSA) is 103 Å². The van der Waals surface area contributed by atoms with Gasteiger partial charge in [0.1, 0.15) is 5.52 Å². The maximum Gasteiger partial charge on any atom is 0.226 e. The first-order valence-corrected chi connectivity index (χ1v) is 10.5. The lowest BCUT2D eigenvalue weighted by Gasteiger charge is -2.32. The maximum absolute atomic E-state index is 12.7. The van der Waals surface area contributed by atoms with Gasteiger partial charge >= 0.3 is 0 Å². The van der Waals surface area contributed by atoms with Crippen molar-refractivity contribution in [2.75, 3.05) is 24.5 Å². The Labute approximate surface area is 178 Å². The van der Waals surface area contributed by atoms with Gasteiger partial charge in [-0.15, -0.1) is 0 Å².